The van der Waals surface area contributed by atoms with Crippen molar-refractivity contribution < 1.29 is 9.18 Å². The largest absolute Gasteiger partial charge is 0.284 e. The fourth-order valence-electron chi connectivity index (χ4n) is 0.856. The van der Waals surface area contributed by atoms with Crippen LogP contribution < -0.4 is 0 Å². The molecule has 0 spiro atoms. The van der Waals surface area contributed by atoms with E-state index in [1.165, 1.54) is 24.3 Å². The van der Waals surface area contributed by atoms with Crippen LogP contribution in [0.4, 0.5) is 10.1 Å². The third-order valence-electron chi connectivity index (χ3n) is 1.43. The lowest BCUT2D eigenvalue weighted by Crippen LogP contribution is -2.01. The maximum absolute atomic E-state index is 13.0. The van der Waals surface area contributed by atoms with Gasteiger partial charge in [0.1, 0.15) is 0 Å². The van der Waals surface area contributed by atoms with Crippen LogP contribution in [0.3, 0.4) is 0 Å². The summed E-state index contributed by atoms with van der Waals surface area (Å²) in [5.41, 5.74) is 0.165. The fourth-order valence-corrected chi connectivity index (χ4v) is 1.59. The molecule has 1 rings (SSSR count). The van der Waals surface area contributed by atoms with Crippen molar-refractivity contribution in [2.24, 2.45) is 4.99 Å². The molecule has 0 aliphatic carbocycles. The number of benzene rings is 1. The number of carbonyl (C=O) groups excluding carboxylic acids is 1. The molecule has 0 aliphatic heterocycles. The van der Waals surface area contributed by atoms with Crippen molar-refractivity contribution in [2.75, 3.05) is 0 Å². The highest BCUT2D eigenvalue weighted by molar-refractivity contribution is 6.48. The molecule has 2 nitrogen and oxygen atoms in total. The maximum Gasteiger partial charge on any atom is 0.284 e. The molecule has 0 aromatic heterocycles. The molecule has 0 saturated heterocycles. The van der Waals surface area contributed by atoms with E-state index in [2.05, 4.69) is 4.99 Å². The van der Waals surface area contributed by atoms with Gasteiger partial charge in [0.2, 0.25) is 6.08 Å². The van der Waals surface area contributed by atoms with Gasteiger partial charge in [-0.15, -0.1) is 0 Å². The second-order valence-electron chi connectivity index (χ2n) is 2.36. The average molecular weight is 254 g/mol. The topological polar surface area (TPSA) is 29.4 Å². The first kappa shape index (κ1) is 11.5. The average Bonchev–Trinajstić information content (AvgIpc) is 2.02. The third-order valence-corrected chi connectivity index (χ3v) is 2.15. The van der Waals surface area contributed by atoms with Crippen molar-refractivity contribution in [1.29, 1.82) is 0 Å². The van der Waals surface area contributed by atoms with Gasteiger partial charge < -0.3 is 0 Å². The van der Waals surface area contributed by atoms with E-state index in [0.717, 1.165) is 0 Å². The number of aliphatic imine (C=N–C) groups is 1. The van der Waals surface area contributed by atoms with E-state index in [1.54, 1.807) is 0 Å². The standard InChI is InChI=1S/C8H3Cl3FNO/c9-7-3-5(13-4-14)1-2-6(7)8(10,11)12/h1-3H. The lowest BCUT2D eigenvalue weighted by molar-refractivity contribution is 0.405. The zero-order valence-electron chi connectivity index (χ0n) is 6.60. The molecule has 0 amide bonds. The lowest BCUT2D eigenvalue weighted by Gasteiger charge is -2.11. The Kier molecular flexibility index (Phi) is 3.51. The van der Waals surface area contributed by atoms with E-state index in [-0.39, 0.29) is 16.3 Å². The Morgan fingerprint density at radius 2 is 2.07 bits per heavy atom. The summed E-state index contributed by atoms with van der Waals surface area (Å²) in [6.07, 6.45) is 1.33. The third kappa shape index (κ3) is 2.69. The van der Waals surface area contributed by atoms with Crippen LogP contribution in [0.15, 0.2) is 23.2 Å². The molecule has 0 saturated carbocycles. The minimum absolute atomic E-state index is 0.00556. The van der Waals surface area contributed by atoms with E-state index >= 15 is 0 Å². The number of isocyanates is 1. The molecule has 1 aromatic carbocycles. The van der Waals surface area contributed by atoms with Gasteiger partial charge >= 0.3 is 0 Å². The highest BCUT2D eigenvalue weighted by atomic mass is 35.5. The summed E-state index contributed by atoms with van der Waals surface area (Å²) in [4.78, 5) is 13.2. The number of nitrogens with zero attached hydrogens (tertiary/aromatic N) is 1. The van der Waals surface area contributed by atoms with E-state index in [4.69, 9.17) is 34.8 Å². The van der Waals surface area contributed by atoms with E-state index in [0.29, 0.717) is 0 Å². The van der Waals surface area contributed by atoms with Crippen molar-refractivity contribution in [3.05, 3.63) is 28.8 Å². The SMILES string of the molecule is O=C=Nc1ccc(C(F)(Cl)Cl)c(Cl)c1. The number of hydrogen-bond acceptors (Lipinski definition) is 2. The number of alkyl halides is 3. The van der Waals surface area contributed by atoms with Crippen molar-refractivity contribution in [3.63, 3.8) is 0 Å². The number of hydrogen-bond donors (Lipinski definition) is 0. The van der Waals surface area contributed by atoms with Gasteiger partial charge in [0, 0.05) is 5.56 Å². The smallest absolute Gasteiger partial charge is 0.211 e. The van der Waals surface area contributed by atoms with Gasteiger partial charge in [-0.25, -0.2) is 9.18 Å². The minimum Gasteiger partial charge on any atom is -0.211 e. The molecule has 74 valence electrons. The first-order valence-electron chi connectivity index (χ1n) is 3.40. The Bertz CT molecular complexity index is 396. The van der Waals surface area contributed by atoms with Gasteiger partial charge in [0.15, 0.2) is 0 Å². The summed E-state index contributed by atoms with van der Waals surface area (Å²) in [6, 6.07) is 3.87. The van der Waals surface area contributed by atoms with Crippen LogP contribution in [0.25, 0.3) is 0 Å². The van der Waals surface area contributed by atoms with Crippen molar-refractivity contribution in [1.82, 2.24) is 0 Å². The van der Waals surface area contributed by atoms with E-state index in [1.807, 2.05) is 0 Å². The van der Waals surface area contributed by atoms with Crippen LogP contribution >= 0.6 is 34.8 Å². The molecule has 6 heteroatoms. The summed E-state index contributed by atoms with van der Waals surface area (Å²) in [6.45, 7) is 0. The monoisotopic (exact) mass is 253 g/mol. The van der Waals surface area contributed by atoms with E-state index in [9.17, 15) is 9.18 Å². The lowest BCUT2D eigenvalue weighted by atomic mass is 10.2. The Morgan fingerprint density at radius 1 is 1.43 bits per heavy atom. The Morgan fingerprint density at radius 3 is 2.50 bits per heavy atom. The molecule has 0 bridgehead atoms. The highest BCUT2D eigenvalue weighted by Crippen LogP contribution is 2.40. The molecular weight excluding hydrogens is 251 g/mol. The summed E-state index contributed by atoms with van der Waals surface area (Å²) in [5, 5.41) is -0.00556. The van der Waals surface area contributed by atoms with Gasteiger partial charge in [-0.1, -0.05) is 34.8 Å². The summed E-state index contributed by atoms with van der Waals surface area (Å²) in [7, 11) is 0. The van der Waals surface area contributed by atoms with Crippen molar-refractivity contribution >= 4 is 46.6 Å². The first-order valence-corrected chi connectivity index (χ1v) is 4.53. The van der Waals surface area contributed by atoms with Gasteiger partial charge in [-0.3, -0.25) is 0 Å². The van der Waals surface area contributed by atoms with Crippen LogP contribution in [0.1, 0.15) is 5.56 Å². The predicted octanol–water partition coefficient (Wildman–Crippen LogP) is 3.86. The zero-order chi connectivity index (χ0) is 10.8. The van der Waals surface area contributed by atoms with Crippen LogP contribution in [0.2, 0.25) is 5.02 Å². The van der Waals surface area contributed by atoms with Crippen LogP contribution in [0, 0.1) is 0 Å². The van der Waals surface area contributed by atoms with Gasteiger partial charge in [0.25, 0.3) is 4.59 Å². The summed E-state index contributed by atoms with van der Waals surface area (Å²) < 4.78 is 10.5. The molecule has 14 heavy (non-hydrogen) atoms. The maximum atomic E-state index is 13.0. The number of rotatable bonds is 2. The molecule has 0 radical (unpaired) electrons. The van der Waals surface area contributed by atoms with Crippen LogP contribution in [-0.4, -0.2) is 6.08 Å². The summed E-state index contributed by atoms with van der Waals surface area (Å²) >= 11 is 16.1. The highest BCUT2D eigenvalue weighted by Gasteiger charge is 2.27. The molecule has 0 fully saturated rings. The second kappa shape index (κ2) is 4.28. The summed E-state index contributed by atoms with van der Waals surface area (Å²) in [5.74, 6) is 0. The van der Waals surface area contributed by atoms with E-state index < -0.39 is 4.59 Å². The molecule has 0 N–H and O–H groups in total. The Balaban J connectivity index is 3.20. The fraction of sp³-hybridized carbons (Fsp3) is 0.125. The molecule has 0 unspecified atom stereocenters. The van der Waals surface area contributed by atoms with Gasteiger partial charge in [-0.05, 0) is 18.2 Å². The van der Waals surface area contributed by atoms with Crippen LogP contribution in [0.5, 0.6) is 0 Å². The van der Waals surface area contributed by atoms with Crippen molar-refractivity contribution in [3.8, 4) is 0 Å². The number of halogens is 4. The Labute approximate surface area is 94.3 Å². The molecule has 0 atom stereocenters. The van der Waals surface area contributed by atoms with Gasteiger partial charge in [0.05, 0.1) is 10.7 Å². The predicted molar refractivity (Wildman–Crippen MR) is 53.7 cm³/mol. The quantitative estimate of drug-likeness (QED) is 0.447. The zero-order valence-corrected chi connectivity index (χ0v) is 8.87. The molecule has 1 aromatic rings. The van der Waals surface area contributed by atoms with Gasteiger partial charge in [-0.2, -0.15) is 4.99 Å². The Hall–Kier alpha value is -0.600. The second-order valence-corrected chi connectivity index (χ2v) is 4.01. The van der Waals surface area contributed by atoms with Crippen molar-refractivity contribution in [2.45, 2.75) is 4.59 Å². The van der Waals surface area contributed by atoms with Crippen LogP contribution in [-0.2, 0) is 9.38 Å². The molecule has 0 aliphatic rings. The molecular formula is C8H3Cl3FNO. The normalized spacial score (nSPS) is 10.9. The first-order chi connectivity index (χ1) is 6.45. The molecule has 0 heterocycles. The minimum atomic E-state index is -2.56.